The van der Waals surface area contributed by atoms with E-state index < -0.39 is 0 Å². The molecule has 0 N–H and O–H groups in total. The van der Waals surface area contributed by atoms with E-state index in [0.29, 0.717) is 44.0 Å². The van der Waals surface area contributed by atoms with E-state index in [9.17, 15) is 14.4 Å². The van der Waals surface area contributed by atoms with Crippen LogP contribution in [0.15, 0.2) is 23.0 Å². The Labute approximate surface area is 195 Å². The lowest BCUT2D eigenvalue weighted by Crippen LogP contribution is -2.51. The van der Waals surface area contributed by atoms with Crippen LogP contribution in [0.3, 0.4) is 0 Å². The minimum Gasteiger partial charge on any atom is -0.450 e. The minimum atomic E-state index is -0.374. The fourth-order valence-corrected chi connectivity index (χ4v) is 4.92. The van der Waals surface area contributed by atoms with Crippen LogP contribution in [0.25, 0.3) is 21.5 Å². The van der Waals surface area contributed by atoms with E-state index in [2.05, 4.69) is 16.1 Å². The number of rotatable bonds is 4. The van der Waals surface area contributed by atoms with Gasteiger partial charge in [0, 0.05) is 31.7 Å². The van der Waals surface area contributed by atoms with Crippen LogP contribution in [0, 0.1) is 20.8 Å². The molecule has 0 unspecified atom stereocenters. The number of ether oxygens (including phenoxy) is 1. The average molecular weight is 470 g/mol. The molecule has 10 heteroatoms. The first-order chi connectivity index (χ1) is 15.8. The van der Waals surface area contributed by atoms with Crippen LogP contribution in [-0.2, 0) is 16.1 Å². The molecule has 4 rings (SSSR count). The number of aromatic nitrogens is 3. The van der Waals surface area contributed by atoms with Gasteiger partial charge in [0.15, 0.2) is 5.52 Å². The Balaban J connectivity index is 1.62. The molecule has 0 saturated carbocycles. The van der Waals surface area contributed by atoms with Crippen molar-refractivity contribution in [1.82, 2.24) is 24.6 Å². The quantitative estimate of drug-likeness (QED) is 0.583. The summed E-state index contributed by atoms with van der Waals surface area (Å²) < 4.78 is 6.98. The molecular formula is C23H27N5O4S. The highest BCUT2D eigenvalue weighted by molar-refractivity contribution is 7.19. The number of hydrogen-bond donors (Lipinski definition) is 0. The van der Waals surface area contributed by atoms with E-state index in [1.807, 2.05) is 32.9 Å². The van der Waals surface area contributed by atoms with Crippen molar-refractivity contribution in [2.75, 3.05) is 32.8 Å². The molecule has 3 aromatic rings. The van der Waals surface area contributed by atoms with Gasteiger partial charge in [0.25, 0.3) is 5.56 Å². The van der Waals surface area contributed by atoms with Crippen molar-refractivity contribution < 1.29 is 14.3 Å². The van der Waals surface area contributed by atoms with E-state index in [1.165, 1.54) is 16.0 Å². The van der Waals surface area contributed by atoms with E-state index in [1.54, 1.807) is 16.7 Å². The molecule has 0 bridgehead atoms. The zero-order valence-corrected chi connectivity index (χ0v) is 20.1. The number of aryl methyl sites for hydroxylation is 3. The van der Waals surface area contributed by atoms with Gasteiger partial charge in [-0.15, -0.1) is 11.3 Å². The molecule has 9 nitrogen and oxygen atoms in total. The second-order valence-corrected chi connectivity index (χ2v) is 9.31. The van der Waals surface area contributed by atoms with E-state index >= 15 is 0 Å². The summed E-state index contributed by atoms with van der Waals surface area (Å²) in [6, 6.07) is 6.07. The van der Waals surface area contributed by atoms with Crippen LogP contribution in [0.2, 0.25) is 0 Å². The van der Waals surface area contributed by atoms with Gasteiger partial charge in [-0.3, -0.25) is 9.59 Å². The fraction of sp³-hybridized carbons (Fsp3) is 0.435. The molecule has 0 spiro atoms. The largest absolute Gasteiger partial charge is 0.450 e. The number of fused-ring (bicyclic) bond motifs is 1. The summed E-state index contributed by atoms with van der Waals surface area (Å²) in [7, 11) is 0. The molecule has 0 aliphatic carbocycles. The molecule has 1 aliphatic rings. The molecule has 3 heterocycles. The Hall–Kier alpha value is -3.27. The number of nitrogens with zero attached hydrogens (tertiary/aromatic N) is 5. The van der Waals surface area contributed by atoms with Crippen molar-refractivity contribution in [3.8, 4) is 11.3 Å². The van der Waals surface area contributed by atoms with Gasteiger partial charge >= 0.3 is 6.09 Å². The van der Waals surface area contributed by atoms with Crippen molar-refractivity contribution in [2.24, 2.45) is 0 Å². The lowest BCUT2D eigenvalue weighted by atomic mass is 10.0. The smallest absolute Gasteiger partial charge is 0.409 e. The third-order valence-corrected chi connectivity index (χ3v) is 6.66. The summed E-state index contributed by atoms with van der Waals surface area (Å²) in [6.45, 7) is 9.34. The van der Waals surface area contributed by atoms with E-state index in [0.717, 1.165) is 26.4 Å². The van der Waals surface area contributed by atoms with Crippen molar-refractivity contribution in [3.05, 3.63) is 44.7 Å². The van der Waals surface area contributed by atoms with Gasteiger partial charge in [-0.25, -0.2) is 14.5 Å². The number of amides is 2. The number of thiazole rings is 1. The summed E-state index contributed by atoms with van der Waals surface area (Å²) in [5.74, 6) is -0.217. The Bertz CT molecular complexity index is 1270. The Morgan fingerprint density at radius 3 is 2.45 bits per heavy atom. The average Bonchev–Trinajstić information content (AvgIpc) is 3.18. The lowest BCUT2D eigenvalue weighted by molar-refractivity contribution is -0.133. The zero-order valence-electron chi connectivity index (χ0n) is 19.3. The Morgan fingerprint density at radius 1 is 1.09 bits per heavy atom. The Morgan fingerprint density at radius 2 is 1.79 bits per heavy atom. The maximum absolute atomic E-state index is 13.1. The standard InChI is InChI=1S/C23H27N5O4S/c1-5-32-23(31)27-10-8-26(9-11-27)18(29)13-28-22(30)20-21(33-16(4)24-20)19(25-28)17-7-6-14(2)12-15(17)3/h6-7,12H,5,8-11,13H2,1-4H3. The predicted molar refractivity (Wildman–Crippen MR) is 126 cm³/mol. The third-order valence-electron chi connectivity index (χ3n) is 5.69. The highest BCUT2D eigenvalue weighted by Crippen LogP contribution is 2.31. The summed E-state index contributed by atoms with van der Waals surface area (Å²) in [5.41, 5.74) is 3.72. The van der Waals surface area contributed by atoms with Crippen LogP contribution in [0.4, 0.5) is 4.79 Å². The fourth-order valence-electron chi connectivity index (χ4n) is 4.01. The summed E-state index contributed by atoms with van der Waals surface area (Å²) >= 11 is 1.43. The second-order valence-electron chi connectivity index (χ2n) is 8.11. The van der Waals surface area contributed by atoms with Crippen LogP contribution < -0.4 is 5.56 Å². The maximum atomic E-state index is 13.1. The van der Waals surface area contributed by atoms with Gasteiger partial charge < -0.3 is 14.5 Å². The normalized spacial score (nSPS) is 14.1. The van der Waals surface area contributed by atoms with Gasteiger partial charge in [-0.2, -0.15) is 5.10 Å². The molecule has 1 aromatic carbocycles. The molecule has 0 atom stereocenters. The molecule has 33 heavy (non-hydrogen) atoms. The molecule has 1 fully saturated rings. The monoisotopic (exact) mass is 469 g/mol. The van der Waals surface area contributed by atoms with E-state index in [4.69, 9.17) is 4.74 Å². The molecule has 174 valence electrons. The summed E-state index contributed by atoms with van der Waals surface area (Å²) in [5, 5.41) is 5.39. The number of carbonyl (C=O) groups is 2. The van der Waals surface area contributed by atoms with Crippen LogP contribution >= 0.6 is 11.3 Å². The molecule has 1 aliphatic heterocycles. The molecular weight excluding hydrogens is 442 g/mol. The van der Waals surface area contributed by atoms with Gasteiger partial charge in [-0.05, 0) is 33.3 Å². The van der Waals surface area contributed by atoms with Crippen molar-refractivity contribution in [1.29, 1.82) is 0 Å². The number of benzene rings is 1. The predicted octanol–water partition coefficient (Wildman–Crippen LogP) is 2.75. The first-order valence-corrected chi connectivity index (χ1v) is 11.8. The molecule has 2 aromatic heterocycles. The summed E-state index contributed by atoms with van der Waals surface area (Å²) in [4.78, 5) is 45.7. The van der Waals surface area contributed by atoms with Gasteiger partial charge in [0.05, 0.1) is 16.3 Å². The number of hydrogen-bond acceptors (Lipinski definition) is 7. The first-order valence-electron chi connectivity index (χ1n) is 10.9. The van der Waals surface area contributed by atoms with Crippen LogP contribution in [0.5, 0.6) is 0 Å². The van der Waals surface area contributed by atoms with Crippen LogP contribution in [0.1, 0.15) is 23.1 Å². The van der Waals surface area contributed by atoms with Crippen molar-refractivity contribution in [3.63, 3.8) is 0 Å². The maximum Gasteiger partial charge on any atom is 0.409 e. The lowest BCUT2D eigenvalue weighted by Gasteiger charge is -2.34. The van der Waals surface area contributed by atoms with Gasteiger partial charge in [-0.1, -0.05) is 23.8 Å². The van der Waals surface area contributed by atoms with Gasteiger partial charge in [0.2, 0.25) is 5.91 Å². The van der Waals surface area contributed by atoms with Crippen LogP contribution in [-0.4, -0.2) is 69.4 Å². The number of carbonyl (C=O) groups excluding carboxylic acids is 2. The van der Waals surface area contributed by atoms with Crippen molar-refractivity contribution in [2.45, 2.75) is 34.2 Å². The second kappa shape index (κ2) is 9.30. The van der Waals surface area contributed by atoms with Gasteiger partial charge in [0.1, 0.15) is 12.2 Å². The third kappa shape index (κ3) is 4.61. The zero-order chi connectivity index (χ0) is 23.7. The highest BCUT2D eigenvalue weighted by atomic mass is 32.1. The van der Waals surface area contributed by atoms with E-state index in [-0.39, 0.29) is 24.1 Å². The molecule has 0 radical (unpaired) electrons. The molecule has 1 saturated heterocycles. The minimum absolute atomic E-state index is 0.178. The topological polar surface area (TPSA) is 97.6 Å². The molecule has 2 amide bonds. The SMILES string of the molecule is CCOC(=O)N1CCN(C(=O)Cn2nc(-c3ccc(C)cc3C)c3sc(C)nc3c2=O)CC1. The number of piperazine rings is 1. The van der Waals surface area contributed by atoms with Crippen molar-refractivity contribution >= 4 is 33.6 Å². The first kappa shape index (κ1) is 22.9. The Kier molecular flexibility index (Phi) is 6.46. The summed E-state index contributed by atoms with van der Waals surface area (Å²) in [6.07, 6.45) is -0.370. The highest BCUT2D eigenvalue weighted by Gasteiger charge is 2.26.